The van der Waals surface area contributed by atoms with Crippen LogP contribution in [0.5, 0.6) is 0 Å². The van der Waals surface area contributed by atoms with Crippen LogP contribution in [0.2, 0.25) is 0 Å². The van der Waals surface area contributed by atoms with E-state index in [1.54, 1.807) is 18.2 Å². The molecule has 0 aromatic heterocycles. The lowest BCUT2D eigenvalue weighted by Crippen LogP contribution is -2.53. The number of amides is 2. The number of benzene rings is 2. The number of carboxylic acids is 1. The molecule has 1 atom stereocenters. The predicted octanol–water partition coefficient (Wildman–Crippen LogP) is 2.48. The molecule has 1 saturated heterocycles. The lowest BCUT2D eigenvalue weighted by molar-refractivity contribution is -0.141. The first-order valence-corrected chi connectivity index (χ1v) is 16.9. The van der Waals surface area contributed by atoms with E-state index in [0.29, 0.717) is 5.39 Å². The molecule has 13 heteroatoms. The maximum atomic E-state index is 14.1. The zero-order chi connectivity index (χ0) is 31.7. The quantitative estimate of drug-likeness (QED) is 0.165. The summed E-state index contributed by atoms with van der Waals surface area (Å²) in [5.74, 6) is -2.61. The largest absolute Gasteiger partial charge is 0.481 e. The molecule has 44 heavy (non-hydrogen) atoms. The molecule has 1 aliphatic heterocycles. The minimum atomic E-state index is -4.29. The lowest BCUT2D eigenvalue weighted by Gasteiger charge is -2.33. The SMILES string of the molecule is N=C(N)N(CC1CCNCC1)C(=O)CC(NS(=O)(=O)c1ccc2ccccc2c1)C(=O)N(CCC(=O)O)CC1CCCCC1. The van der Waals surface area contributed by atoms with Crippen molar-refractivity contribution in [3.8, 4) is 0 Å². The second-order valence-corrected chi connectivity index (χ2v) is 13.6. The van der Waals surface area contributed by atoms with E-state index >= 15 is 0 Å². The molecular formula is C31H44N6O6S. The normalized spacial score (nSPS) is 17.2. The Morgan fingerprint density at radius 2 is 1.64 bits per heavy atom. The Balaban J connectivity index is 1.63. The maximum absolute atomic E-state index is 14.1. The van der Waals surface area contributed by atoms with E-state index in [0.717, 1.165) is 68.3 Å². The van der Waals surface area contributed by atoms with Crippen molar-refractivity contribution in [1.29, 1.82) is 5.41 Å². The zero-order valence-electron chi connectivity index (χ0n) is 25.0. The van der Waals surface area contributed by atoms with Crippen molar-refractivity contribution in [1.82, 2.24) is 19.8 Å². The van der Waals surface area contributed by atoms with E-state index < -0.39 is 46.2 Å². The van der Waals surface area contributed by atoms with Gasteiger partial charge < -0.3 is 21.1 Å². The second kappa shape index (κ2) is 15.4. The fraction of sp³-hybridized carbons (Fsp3) is 0.548. The third-order valence-corrected chi connectivity index (χ3v) is 10.1. The predicted molar refractivity (Wildman–Crippen MR) is 167 cm³/mol. The summed E-state index contributed by atoms with van der Waals surface area (Å²) in [7, 11) is -4.29. The smallest absolute Gasteiger partial charge is 0.305 e. The number of nitrogens with one attached hydrogen (secondary N) is 3. The van der Waals surface area contributed by atoms with Crippen molar-refractivity contribution in [3.63, 3.8) is 0 Å². The summed E-state index contributed by atoms with van der Waals surface area (Å²) >= 11 is 0. The Morgan fingerprint density at radius 3 is 2.30 bits per heavy atom. The van der Waals surface area contributed by atoms with Gasteiger partial charge in [-0.25, -0.2) is 8.42 Å². The van der Waals surface area contributed by atoms with E-state index in [1.165, 1.54) is 17.0 Å². The van der Waals surface area contributed by atoms with Crippen LogP contribution < -0.4 is 15.8 Å². The van der Waals surface area contributed by atoms with Gasteiger partial charge in [0.2, 0.25) is 21.8 Å². The summed E-state index contributed by atoms with van der Waals surface area (Å²) in [6.07, 6.45) is 5.58. The number of hydrogen-bond acceptors (Lipinski definition) is 7. The molecule has 2 amide bonds. The minimum absolute atomic E-state index is 0.0658. The van der Waals surface area contributed by atoms with Crippen molar-refractivity contribution in [2.45, 2.75) is 68.7 Å². The number of nitrogens with zero attached hydrogens (tertiary/aromatic N) is 2. The molecule has 0 radical (unpaired) electrons. The Hall–Kier alpha value is -3.55. The highest BCUT2D eigenvalue weighted by molar-refractivity contribution is 7.89. The van der Waals surface area contributed by atoms with Gasteiger partial charge in [-0.2, -0.15) is 4.72 Å². The van der Waals surface area contributed by atoms with Crippen LogP contribution in [0.1, 0.15) is 57.8 Å². The molecule has 1 unspecified atom stereocenters. The zero-order valence-corrected chi connectivity index (χ0v) is 25.9. The first-order valence-electron chi connectivity index (χ1n) is 15.4. The number of carbonyl (C=O) groups excluding carboxylic acids is 2. The Labute approximate surface area is 258 Å². The van der Waals surface area contributed by atoms with Crippen LogP contribution in [0.4, 0.5) is 0 Å². The van der Waals surface area contributed by atoms with Gasteiger partial charge in [0, 0.05) is 19.6 Å². The van der Waals surface area contributed by atoms with Gasteiger partial charge in [0.05, 0.1) is 17.7 Å². The molecule has 2 aromatic carbocycles. The molecule has 240 valence electrons. The fourth-order valence-electron chi connectivity index (χ4n) is 6.13. The van der Waals surface area contributed by atoms with Crippen molar-refractivity contribution in [2.24, 2.45) is 17.6 Å². The molecule has 1 heterocycles. The van der Waals surface area contributed by atoms with Crippen molar-refractivity contribution in [3.05, 3.63) is 42.5 Å². The van der Waals surface area contributed by atoms with E-state index in [4.69, 9.17) is 11.1 Å². The minimum Gasteiger partial charge on any atom is -0.481 e. The third-order valence-electron chi connectivity index (χ3n) is 8.61. The maximum Gasteiger partial charge on any atom is 0.305 e. The van der Waals surface area contributed by atoms with E-state index in [1.807, 2.05) is 12.1 Å². The fourth-order valence-corrected chi connectivity index (χ4v) is 7.36. The van der Waals surface area contributed by atoms with Gasteiger partial charge in [-0.15, -0.1) is 0 Å². The molecule has 6 N–H and O–H groups in total. The molecule has 1 saturated carbocycles. The number of carbonyl (C=O) groups is 3. The molecule has 4 rings (SSSR count). The number of piperidine rings is 1. The van der Waals surface area contributed by atoms with Crippen molar-refractivity contribution < 1.29 is 27.9 Å². The number of guanidine groups is 1. The number of fused-ring (bicyclic) bond motifs is 1. The van der Waals surface area contributed by atoms with Gasteiger partial charge in [-0.1, -0.05) is 49.6 Å². The van der Waals surface area contributed by atoms with Crippen LogP contribution in [-0.2, 0) is 24.4 Å². The molecule has 12 nitrogen and oxygen atoms in total. The summed E-state index contributed by atoms with van der Waals surface area (Å²) < 4.78 is 29.9. The highest BCUT2D eigenvalue weighted by Gasteiger charge is 2.35. The highest BCUT2D eigenvalue weighted by atomic mass is 32.2. The standard InChI is InChI=1S/C31H44N6O6S/c32-31(33)37(21-23-12-15-34-16-13-23)28(38)19-27(30(41)36(17-14-29(39)40)20-22-6-2-1-3-7-22)35-44(42,43)26-11-10-24-8-4-5-9-25(24)18-26/h4-5,8-11,18,22-23,27,34-35H,1-3,6-7,12-17,19-21H2,(H3,32,33)(H,39,40). The molecule has 1 aliphatic carbocycles. The van der Waals surface area contributed by atoms with Gasteiger partial charge in [-0.05, 0) is 73.5 Å². The van der Waals surface area contributed by atoms with Gasteiger partial charge in [0.25, 0.3) is 0 Å². The summed E-state index contributed by atoms with van der Waals surface area (Å²) in [4.78, 5) is 41.7. The van der Waals surface area contributed by atoms with Gasteiger partial charge in [-0.3, -0.25) is 24.7 Å². The molecule has 2 aromatic rings. The number of nitrogens with two attached hydrogens (primary N) is 1. The Kier molecular flexibility index (Phi) is 11.7. The number of carboxylic acid groups (broad SMARTS) is 1. The van der Waals surface area contributed by atoms with Gasteiger partial charge in [0.1, 0.15) is 6.04 Å². The highest BCUT2D eigenvalue weighted by Crippen LogP contribution is 2.26. The molecule has 0 bridgehead atoms. The summed E-state index contributed by atoms with van der Waals surface area (Å²) in [5, 5.41) is 22.3. The molecule has 2 aliphatic rings. The first-order chi connectivity index (χ1) is 21.0. The average Bonchev–Trinajstić information content (AvgIpc) is 3.01. The summed E-state index contributed by atoms with van der Waals surface area (Å²) in [6.45, 7) is 1.91. The molecule has 2 fully saturated rings. The summed E-state index contributed by atoms with van der Waals surface area (Å²) in [5.41, 5.74) is 5.82. The van der Waals surface area contributed by atoms with E-state index in [9.17, 15) is 27.9 Å². The van der Waals surface area contributed by atoms with Crippen LogP contribution in [-0.4, -0.2) is 85.8 Å². The molecular weight excluding hydrogens is 584 g/mol. The topological polar surface area (TPSA) is 186 Å². The Morgan fingerprint density at radius 1 is 0.977 bits per heavy atom. The van der Waals surface area contributed by atoms with Crippen LogP contribution >= 0.6 is 0 Å². The van der Waals surface area contributed by atoms with Crippen LogP contribution in [0, 0.1) is 17.2 Å². The number of sulfonamides is 1. The van der Waals surface area contributed by atoms with E-state index in [2.05, 4.69) is 10.0 Å². The Bertz CT molecular complexity index is 1440. The number of rotatable bonds is 13. The number of hydrogen-bond donors (Lipinski definition) is 5. The monoisotopic (exact) mass is 628 g/mol. The molecule has 0 spiro atoms. The van der Waals surface area contributed by atoms with Crippen LogP contribution in [0.15, 0.2) is 47.4 Å². The van der Waals surface area contributed by atoms with Crippen LogP contribution in [0.25, 0.3) is 10.8 Å². The van der Waals surface area contributed by atoms with E-state index in [-0.39, 0.29) is 42.8 Å². The number of aliphatic carboxylic acids is 1. The van der Waals surface area contributed by atoms with Gasteiger partial charge in [0.15, 0.2) is 5.96 Å². The third kappa shape index (κ3) is 9.23. The van der Waals surface area contributed by atoms with Crippen molar-refractivity contribution >= 4 is 44.5 Å². The average molecular weight is 629 g/mol. The second-order valence-electron chi connectivity index (χ2n) is 11.9. The van der Waals surface area contributed by atoms with Crippen LogP contribution in [0.3, 0.4) is 0 Å². The summed E-state index contributed by atoms with van der Waals surface area (Å²) in [6, 6.07) is 10.4. The van der Waals surface area contributed by atoms with Crippen molar-refractivity contribution in [2.75, 3.05) is 32.7 Å². The lowest BCUT2D eigenvalue weighted by atomic mass is 9.88. The first kappa shape index (κ1) is 33.3. The van der Waals surface area contributed by atoms with Gasteiger partial charge >= 0.3 is 5.97 Å².